The van der Waals surface area contributed by atoms with Crippen LogP contribution in [-0.4, -0.2) is 52.2 Å². The molecular formula is C21H31N2O4+. The highest BCUT2D eigenvalue weighted by atomic mass is 16.5. The molecule has 1 N–H and O–H groups in total. The van der Waals surface area contributed by atoms with Gasteiger partial charge in [-0.15, -0.1) is 0 Å². The van der Waals surface area contributed by atoms with Crippen LogP contribution in [0.4, 0.5) is 0 Å². The molecule has 0 bridgehead atoms. The van der Waals surface area contributed by atoms with Gasteiger partial charge in [0.15, 0.2) is 11.9 Å². The van der Waals surface area contributed by atoms with E-state index >= 15 is 0 Å². The summed E-state index contributed by atoms with van der Waals surface area (Å²) in [6, 6.07) is 9.35. The first kappa shape index (κ1) is 21.0. The van der Waals surface area contributed by atoms with Gasteiger partial charge in [-0.3, -0.25) is 9.69 Å². The van der Waals surface area contributed by atoms with Gasteiger partial charge in [-0.1, -0.05) is 37.3 Å². The number of nitrogens with zero attached hydrogens (tertiary/aromatic N) is 2. The van der Waals surface area contributed by atoms with Gasteiger partial charge in [0, 0.05) is 6.42 Å². The number of hydrogen-bond donors (Lipinski definition) is 1. The molecule has 148 valence electrons. The summed E-state index contributed by atoms with van der Waals surface area (Å²) in [7, 11) is 0. The average molecular weight is 375 g/mol. The normalized spacial score (nSPS) is 18.0. The molecule has 6 heteroatoms. The maximum absolute atomic E-state index is 12.8. The molecule has 1 saturated heterocycles. The molecule has 1 heterocycles. The molecule has 1 atom stereocenters. The maximum atomic E-state index is 12.8. The number of esters is 1. The SMILES string of the molecule is CC/C(O)=C(\C(=O)OCc1ccccc1)N1C(=O)CC1[N+](CC)(CC)CC. The highest BCUT2D eigenvalue weighted by molar-refractivity contribution is 5.97. The van der Waals surface area contributed by atoms with Gasteiger partial charge in [0.2, 0.25) is 5.91 Å². The molecule has 0 saturated carbocycles. The molecule has 1 aromatic rings. The van der Waals surface area contributed by atoms with Gasteiger partial charge in [0.05, 0.1) is 19.6 Å². The molecule has 6 nitrogen and oxygen atoms in total. The molecule has 1 fully saturated rings. The predicted octanol–water partition coefficient (Wildman–Crippen LogP) is 3.34. The lowest BCUT2D eigenvalue weighted by molar-refractivity contribution is -0.958. The van der Waals surface area contributed by atoms with E-state index in [2.05, 4.69) is 20.8 Å². The van der Waals surface area contributed by atoms with Crippen molar-refractivity contribution in [1.82, 2.24) is 4.90 Å². The van der Waals surface area contributed by atoms with Gasteiger partial charge < -0.3 is 14.3 Å². The molecule has 1 aliphatic rings. The maximum Gasteiger partial charge on any atom is 0.359 e. The number of benzene rings is 1. The van der Waals surface area contributed by atoms with Crippen LogP contribution in [-0.2, 0) is 20.9 Å². The number of rotatable bonds is 9. The van der Waals surface area contributed by atoms with Crippen LogP contribution >= 0.6 is 0 Å². The number of likely N-dealkylation sites (tertiary alicyclic amines) is 1. The Morgan fingerprint density at radius 2 is 1.74 bits per heavy atom. The van der Waals surface area contributed by atoms with E-state index in [1.165, 1.54) is 4.90 Å². The number of amides is 1. The Hall–Kier alpha value is -2.34. The Morgan fingerprint density at radius 1 is 1.15 bits per heavy atom. The smallest absolute Gasteiger partial charge is 0.359 e. The van der Waals surface area contributed by atoms with Gasteiger partial charge in [-0.2, -0.15) is 0 Å². The van der Waals surface area contributed by atoms with Crippen molar-refractivity contribution in [3.8, 4) is 0 Å². The largest absolute Gasteiger partial charge is 0.510 e. The number of allylic oxidation sites excluding steroid dienone is 1. The van der Waals surface area contributed by atoms with Gasteiger partial charge in [-0.25, -0.2) is 4.79 Å². The van der Waals surface area contributed by atoms with Crippen LogP contribution in [0.15, 0.2) is 41.8 Å². The number of carbonyl (C=O) groups excluding carboxylic acids is 2. The van der Waals surface area contributed by atoms with Crippen molar-refractivity contribution in [3.63, 3.8) is 0 Å². The quantitative estimate of drug-likeness (QED) is 0.236. The zero-order valence-corrected chi connectivity index (χ0v) is 16.8. The molecule has 0 aromatic heterocycles. The van der Waals surface area contributed by atoms with Gasteiger partial charge >= 0.3 is 5.97 Å². The summed E-state index contributed by atoms with van der Waals surface area (Å²) >= 11 is 0. The molecule has 1 aliphatic heterocycles. The molecule has 2 rings (SSSR count). The third-order valence-electron chi connectivity index (χ3n) is 5.70. The van der Waals surface area contributed by atoms with Crippen molar-refractivity contribution < 1.29 is 23.9 Å². The number of quaternary nitrogens is 1. The third-order valence-corrected chi connectivity index (χ3v) is 5.70. The first-order valence-corrected chi connectivity index (χ1v) is 9.74. The topological polar surface area (TPSA) is 66.8 Å². The van der Waals surface area contributed by atoms with Crippen molar-refractivity contribution in [2.24, 2.45) is 0 Å². The lowest BCUT2D eigenvalue weighted by Crippen LogP contribution is -2.70. The highest BCUT2D eigenvalue weighted by Crippen LogP contribution is 2.34. The second kappa shape index (κ2) is 9.04. The van der Waals surface area contributed by atoms with E-state index < -0.39 is 5.97 Å². The van der Waals surface area contributed by atoms with Crippen molar-refractivity contribution in [1.29, 1.82) is 0 Å². The van der Waals surface area contributed by atoms with E-state index in [0.29, 0.717) is 10.9 Å². The summed E-state index contributed by atoms with van der Waals surface area (Å²) < 4.78 is 6.12. The van der Waals surface area contributed by atoms with Crippen molar-refractivity contribution in [2.75, 3.05) is 19.6 Å². The van der Waals surface area contributed by atoms with E-state index in [4.69, 9.17) is 4.74 Å². The minimum atomic E-state index is -0.655. The second-order valence-corrected chi connectivity index (χ2v) is 6.83. The number of hydrogen-bond acceptors (Lipinski definition) is 4. The van der Waals surface area contributed by atoms with Crippen molar-refractivity contribution in [2.45, 2.75) is 53.3 Å². The van der Waals surface area contributed by atoms with E-state index in [1.807, 2.05) is 30.3 Å². The van der Waals surface area contributed by atoms with Crippen LogP contribution in [0.5, 0.6) is 0 Å². The lowest BCUT2D eigenvalue weighted by Gasteiger charge is -2.52. The summed E-state index contributed by atoms with van der Waals surface area (Å²) in [5, 5.41) is 10.4. The molecule has 1 aromatic carbocycles. The predicted molar refractivity (Wildman–Crippen MR) is 103 cm³/mol. The van der Waals surface area contributed by atoms with E-state index in [1.54, 1.807) is 6.92 Å². The van der Waals surface area contributed by atoms with Crippen LogP contribution in [0.1, 0.15) is 46.1 Å². The fourth-order valence-electron chi connectivity index (χ4n) is 3.73. The molecule has 27 heavy (non-hydrogen) atoms. The standard InChI is InChI=1S/C21H30N2O4/c1-5-17(24)20(21(26)27-15-16-12-10-9-11-13-16)22-18(14-19(22)25)23(6-2,7-3)8-4/h9-13,18H,5-8,14-15H2,1-4H3/p+1. The Kier molecular flexibility index (Phi) is 7.02. The first-order chi connectivity index (χ1) is 12.9. The minimum Gasteiger partial charge on any atom is -0.510 e. The van der Waals surface area contributed by atoms with Crippen LogP contribution in [0, 0.1) is 0 Å². The van der Waals surface area contributed by atoms with E-state index in [9.17, 15) is 14.7 Å². The molecule has 0 aliphatic carbocycles. The van der Waals surface area contributed by atoms with Gasteiger partial charge in [-0.05, 0) is 26.3 Å². The summed E-state index contributed by atoms with van der Waals surface area (Å²) in [5.41, 5.74) is 0.848. The summed E-state index contributed by atoms with van der Waals surface area (Å²) in [5.74, 6) is -0.908. The first-order valence-electron chi connectivity index (χ1n) is 9.74. The molecule has 1 amide bonds. The van der Waals surface area contributed by atoms with Gasteiger partial charge in [0.1, 0.15) is 18.8 Å². The Bertz CT molecular complexity index is 687. The molecule has 0 radical (unpaired) electrons. The number of β-lactam (4-membered cyclic amide) rings is 1. The Labute approximate surface area is 161 Å². The molecule has 1 unspecified atom stereocenters. The minimum absolute atomic E-state index is 0.00692. The fraction of sp³-hybridized carbons (Fsp3) is 0.524. The van der Waals surface area contributed by atoms with Crippen LogP contribution in [0.2, 0.25) is 0 Å². The fourth-order valence-corrected chi connectivity index (χ4v) is 3.73. The van der Waals surface area contributed by atoms with Crippen LogP contribution in [0.3, 0.4) is 0 Å². The Morgan fingerprint density at radius 3 is 2.22 bits per heavy atom. The van der Waals surface area contributed by atoms with E-state index in [0.717, 1.165) is 25.2 Å². The third kappa shape index (κ3) is 4.16. The highest BCUT2D eigenvalue weighted by Gasteiger charge is 2.52. The number of ether oxygens (including phenoxy) is 1. The Balaban J connectivity index is 2.27. The molecular weight excluding hydrogens is 344 g/mol. The van der Waals surface area contributed by atoms with Crippen molar-refractivity contribution >= 4 is 11.9 Å². The zero-order chi connectivity index (χ0) is 20.0. The number of aliphatic hydroxyl groups excluding tert-OH is 1. The zero-order valence-electron chi connectivity index (χ0n) is 16.8. The summed E-state index contributed by atoms with van der Waals surface area (Å²) in [6.45, 7) is 10.7. The van der Waals surface area contributed by atoms with Gasteiger partial charge in [0.25, 0.3) is 0 Å². The van der Waals surface area contributed by atoms with Crippen molar-refractivity contribution in [3.05, 3.63) is 47.4 Å². The molecule has 0 spiro atoms. The van der Waals surface area contributed by atoms with Crippen LogP contribution < -0.4 is 0 Å². The monoisotopic (exact) mass is 375 g/mol. The second-order valence-electron chi connectivity index (χ2n) is 6.83. The number of aliphatic hydroxyl groups is 1. The number of carbonyl (C=O) groups is 2. The summed E-state index contributed by atoms with van der Waals surface area (Å²) in [6.07, 6.45) is 0.490. The lowest BCUT2D eigenvalue weighted by atomic mass is 10.0. The average Bonchev–Trinajstić information content (AvgIpc) is 2.71. The summed E-state index contributed by atoms with van der Waals surface area (Å²) in [4.78, 5) is 26.7. The van der Waals surface area contributed by atoms with E-state index in [-0.39, 0.29) is 36.6 Å². The van der Waals surface area contributed by atoms with Crippen LogP contribution in [0.25, 0.3) is 0 Å².